The highest BCUT2D eigenvalue weighted by molar-refractivity contribution is 6.15. The van der Waals surface area contributed by atoms with Gasteiger partial charge in [0.15, 0.2) is 0 Å². The Kier molecular flexibility index (Phi) is 7.40. The molecule has 0 aliphatic heterocycles. The van der Waals surface area contributed by atoms with E-state index < -0.39 is 0 Å². The molecule has 6 nitrogen and oxygen atoms in total. The Labute approximate surface area is 84.7 Å². The molecular weight excluding hydrogens is 185 g/mol. The van der Waals surface area contributed by atoms with Gasteiger partial charge in [0, 0.05) is 7.05 Å². The second-order valence-corrected chi connectivity index (χ2v) is 2.80. The van der Waals surface area contributed by atoms with Crippen LogP contribution in [0.15, 0.2) is 0 Å². The molecule has 0 aliphatic carbocycles. The van der Waals surface area contributed by atoms with E-state index in [-0.39, 0.29) is 25.9 Å². The Balaban J connectivity index is 3.94. The SMILES string of the molecule is CC[C@H](NC(C)OBO)C(=O)NNC. The van der Waals surface area contributed by atoms with E-state index in [1.54, 1.807) is 14.0 Å². The summed E-state index contributed by atoms with van der Waals surface area (Å²) >= 11 is 0. The van der Waals surface area contributed by atoms with Gasteiger partial charge in [0.2, 0.25) is 0 Å². The predicted octanol–water partition coefficient (Wildman–Crippen LogP) is -1.77. The summed E-state index contributed by atoms with van der Waals surface area (Å²) in [4.78, 5) is 11.4. The van der Waals surface area contributed by atoms with E-state index in [1.165, 1.54) is 0 Å². The number of nitrogens with one attached hydrogen (secondary N) is 3. The van der Waals surface area contributed by atoms with Crippen molar-refractivity contribution in [2.45, 2.75) is 32.5 Å². The van der Waals surface area contributed by atoms with Crippen LogP contribution in [0, 0.1) is 0 Å². The maximum Gasteiger partial charge on any atom is 0.436 e. The lowest BCUT2D eigenvalue weighted by molar-refractivity contribution is -0.124. The highest BCUT2D eigenvalue weighted by Crippen LogP contribution is 1.94. The van der Waals surface area contributed by atoms with Crippen molar-refractivity contribution in [1.29, 1.82) is 0 Å². The van der Waals surface area contributed by atoms with Gasteiger partial charge in [-0.3, -0.25) is 15.5 Å². The van der Waals surface area contributed by atoms with Gasteiger partial charge in [0.05, 0.1) is 12.3 Å². The first-order valence-electron chi connectivity index (χ1n) is 4.60. The second-order valence-electron chi connectivity index (χ2n) is 2.80. The van der Waals surface area contributed by atoms with Crippen LogP contribution in [-0.2, 0) is 9.45 Å². The largest absolute Gasteiger partial charge is 0.436 e. The molecule has 1 unspecified atom stereocenters. The average molecular weight is 203 g/mol. The molecule has 7 heteroatoms. The fourth-order valence-corrected chi connectivity index (χ4v) is 1.03. The van der Waals surface area contributed by atoms with E-state index in [0.717, 1.165) is 0 Å². The fraction of sp³-hybridized carbons (Fsp3) is 0.857. The van der Waals surface area contributed by atoms with Crippen molar-refractivity contribution < 1.29 is 14.5 Å². The maximum atomic E-state index is 11.4. The molecular formula is C7H18BN3O3. The Hall–Kier alpha value is -0.625. The summed E-state index contributed by atoms with van der Waals surface area (Å²) in [5.74, 6) is -0.150. The molecule has 0 aromatic carbocycles. The summed E-state index contributed by atoms with van der Waals surface area (Å²) in [6.07, 6.45) is 0.291. The van der Waals surface area contributed by atoms with Crippen LogP contribution in [0.5, 0.6) is 0 Å². The summed E-state index contributed by atoms with van der Waals surface area (Å²) in [5, 5.41) is 11.4. The number of rotatable bonds is 7. The van der Waals surface area contributed by atoms with Crippen molar-refractivity contribution in [2.75, 3.05) is 7.05 Å². The van der Waals surface area contributed by atoms with Crippen molar-refractivity contribution in [3.05, 3.63) is 0 Å². The molecule has 0 spiro atoms. The zero-order chi connectivity index (χ0) is 11.0. The molecule has 0 bridgehead atoms. The first-order valence-corrected chi connectivity index (χ1v) is 4.60. The number of hydrazine groups is 1. The summed E-state index contributed by atoms with van der Waals surface area (Å²) in [7, 11) is 1.26. The molecule has 0 aliphatic rings. The molecule has 2 atom stereocenters. The van der Waals surface area contributed by atoms with E-state index in [0.29, 0.717) is 6.42 Å². The molecule has 0 rings (SSSR count). The molecule has 0 heterocycles. The Morgan fingerprint density at radius 1 is 1.64 bits per heavy atom. The molecule has 0 saturated carbocycles. The van der Waals surface area contributed by atoms with Gasteiger partial charge in [-0.05, 0) is 13.3 Å². The third kappa shape index (κ3) is 5.18. The number of carbonyl (C=O) groups is 1. The van der Waals surface area contributed by atoms with Crippen LogP contribution in [0.1, 0.15) is 20.3 Å². The quantitative estimate of drug-likeness (QED) is 0.223. The van der Waals surface area contributed by atoms with Gasteiger partial charge in [0.1, 0.15) is 0 Å². The van der Waals surface area contributed by atoms with Crippen molar-refractivity contribution in [3.63, 3.8) is 0 Å². The standard InChI is InChI=1S/C7H18BN3O3/c1-4-6(7(12)11-9-3)10-5(2)14-8-13/h5-6,8-10,13H,4H2,1-3H3,(H,11,12)/t5?,6-/m0/s1. The molecule has 4 N–H and O–H groups in total. The second kappa shape index (κ2) is 7.75. The van der Waals surface area contributed by atoms with Gasteiger partial charge in [-0.15, -0.1) is 0 Å². The normalized spacial score (nSPS) is 14.6. The van der Waals surface area contributed by atoms with Crippen molar-refractivity contribution in [3.8, 4) is 0 Å². The highest BCUT2D eigenvalue weighted by atomic mass is 16.5. The third-order valence-corrected chi connectivity index (χ3v) is 1.73. The molecule has 1 amide bonds. The van der Waals surface area contributed by atoms with Gasteiger partial charge in [-0.1, -0.05) is 6.92 Å². The van der Waals surface area contributed by atoms with E-state index in [9.17, 15) is 4.79 Å². The first kappa shape index (κ1) is 13.4. The minimum atomic E-state index is -0.363. The van der Waals surface area contributed by atoms with Crippen molar-refractivity contribution in [2.24, 2.45) is 0 Å². The number of hydrogen-bond donors (Lipinski definition) is 4. The topological polar surface area (TPSA) is 82.6 Å². The van der Waals surface area contributed by atoms with Crippen LogP contribution in [-0.4, -0.2) is 37.9 Å². The number of carbonyl (C=O) groups excluding carboxylic acids is 1. The molecule has 0 radical (unpaired) electrons. The van der Waals surface area contributed by atoms with Crippen LogP contribution in [0.25, 0.3) is 0 Å². The smallest absolute Gasteiger partial charge is 0.430 e. The summed E-state index contributed by atoms with van der Waals surface area (Å²) < 4.78 is 4.85. The Morgan fingerprint density at radius 3 is 2.71 bits per heavy atom. The van der Waals surface area contributed by atoms with Gasteiger partial charge >= 0.3 is 7.69 Å². The summed E-state index contributed by atoms with van der Waals surface area (Å²) in [5.41, 5.74) is 5.03. The molecule has 14 heavy (non-hydrogen) atoms. The number of amides is 1. The fourth-order valence-electron chi connectivity index (χ4n) is 1.03. The van der Waals surface area contributed by atoms with Crippen LogP contribution in [0.2, 0.25) is 0 Å². The van der Waals surface area contributed by atoms with Gasteiger partial charge in [-0.25, -0.2) is 5.43 Å². The van der Waals surface area contributed by atoms with Gasteiger partial charge < -0.3 is 9.68 Å². The third-order valence-electron chi connectivity index (χ3n) is 1.73. The van der Waals surface area contributed by atoms with Crippen LogP contribution in [0.4, 0.5) is 0 Å². The maximum absolute atomic E-state index is 11.4. The van der Waals surface area contributed by atoms with E-state index >= 15 is 0 Å². The van der Waals surface area contributed by atoms with Crippen LogP contribution in [0.3, 0.4) is 0 Å². The minimum absolute atomic E-state index is 0.150. The lowest BCUT2D eigenvalue weighted by Crippen LogP contribution is -2.51. The lowest BCUT2D eigenvalue weighted by atomic mass is 10.2. The lowest BCUT2D eigenvalue weighted by Gasteiger charge is -2.20. The molecule has 0 saturated heterocycles. The Morgan fingerprint density at radius 2 is 2.29 bits per heavy atom. The van der Waals surface area contributed by atoms with Gasteiger partial charge in [0.25, 0.3) is 5.91 Å². The highest BCUT2D eigenvalue weighted by Gasteiger charge is 2.17. The first-order chi connectivity index (χ1) is 6.65. The van der Waals surface area contributed by atoms with Gasteiger partial charge in [-0.2, -0.15) is 0 Å². The Bertz CT molecular complexity index is 170. The zero-order valence-electron chi connectivity index (χ0n) is 8.83. The van der Waals surface area contributed by atoms with E-state index in [4.69, 9.17) is 9.68 Å². The minimum Gasteiger partial charge on any atom is -0.430 e. The van der Waals surface area contributed by atoms with E-state index in [1.807, 2.05) is 6.92 Å². The van der Waals surface area contributed by atoms with Crippen LogP contribution >= 0.6 is 0 Å². The predicted molar refractivity (Wildman–Crippen MR) is 54.3 cm³/mol. The molecule has 0 fully saturated rings. The monoisotopic (exact) mass is 203 g/mol. The molecule has 0 aromatic heterocycles. The summed E-state index contributed by atoms with van der Waals surface area (Å²) in [6.45, 7) is 3.62. The van der Waals surface area contributed by atoms with Crippen molar-refractivity contribution in [1.82, 2.24) is 16.2 Å². The van der Waals surface area contributed by atoms with Crippen LogP contribution < -0.4 is 16.2 Å². The number of hydrogen-bond acceptors (Lipinski definition) is 5. The summed E-state index contributed by atoms with van der Waals surface area (Å²) in [6, 6.07) is -0.330. The zero-order valence-corrected chi connectivity index (χ0v) is 8.83. The average Bonchev–Trinajstić information content (AvgIpc) is 2.15. The molecule has 82 valence electrons. The van der Waals surface area contributed by atoms with E-state index in [2.05, 4.69) is 16.2 Å². The van der Waals surface area contributed by atoms with Crippen molar-refractivity contribution >= 4 is 13.6 Å². The molecule has 0 aromatic rings.